The molecular formula is C25H33F2N. The molecule has 1 nitrogen and oxygen atoms in total. The molecule has 28 heavy (non-hydrogen) atoms. The maximum atomic E-state index is 14.0. The first-order valence-corrected chi connectivity index (χ1v) is 11.2. The van der Waals surface area contributed by atoms with E-state index in [1.165, 1.54) is 69.1 Å². The van der Waals surface area contributed by atoms with Crippen molar-refractivity contribution in [1.29, 1.82) is 0 Å². The van der Waals surface area contributed by atoms with Crippen molar-refractivity contribution in [2.24, 2.45) is 23.7 Å². The SMILES string of the molecule is CC1CCC(C2CCC(c3ccc(C4=C[C@H](F)C(C)C(F)=C4)nc3)CC2)CC1. The molecule has 2 fully saturated rings. The van der Waals surface area contributed by atoms with Gasteiger partial charge in [0.15, 0.2) is 0 Å². The van der Waals surface area contributed by atoms with Crippen LogP contribution in [0.4, 0.5) is 8.78 Å². The molecular weight excluding hydrogens is 352 g/mol. The molecule has 0 aromatic carbocycles. The minimum absolute atomic E-state index is 0.397. The summed E-state index contributed by atoms with van der Waals surface area (Å²) >= 11 is 0. The van der Waals surface area contributed by atoms with E-state index >= 15 is 0 Å². The van der Waals surface area contributed by atoms with Gasteiger partial charge in [-0.3, -0.25) is 4.98 Å². The van der Waals surface area contributed by atoms with Gasteiger partial charge in [-0.2, -0.15) is 0 Å². The molecule has 0 saturated heterocycles. The van der Waals surface area contributed by atoms with Gasteiger partial charge in [0.1, 0.15) is 12.0 Å². The van der Waals surface area contributed by atoms with Crippen LogP contribution in [-0.2, 0) is 0 Å². The maximum absolute atomic E-state index is 14.0. The lowest BCUT2D eigenvalue weighted by atomic mass is 9.68. The molecule has 0 amide bonds. The van der Waals surface area contributed by atoms with E-state index in [2.05, 4.69) is 18.0 Å². The Bertz CT molecular complexity index is 719. The van der Waals surface area contributed by atoms with E-state index < -0.39 is 17.9 Å². The van der Waals surface area contributed by atoms with Gasteiger partial charge in [-0.15, -0.1) is 0 Å². The lowest BCUT2D eigenvalue weighted by molar-refractivity contribution is 0.165. The summed E-state index contributed by atoms with van der Waals surface area (Å²) in [5.41, 5.74) is 2.51. The first-order valence-electron chi connectivity index (χ1n) is 11.2. The Morgan fingerprint density at radius 3 is 2.11 bits per heavy atom. The van der Waals surface area contributed by atoms with Gasteiger partial charge in [-0.25, -0.2) is 8.78 Å². The highest BCUT2D eigenvalue weighted by atomic mass is 19.1. The second kappa shape index (κ2) is 8.47. The van der Waals surface area contributed by atoms with Crippen LogP contribution in [0.25, 0.3) is 5.57 Å². The van der Waals surface area contributed by atoms with E-state index in [0.29, 0.717) is 17.2 Å². The molecule has 1 aromatic rings. The summed E-state index contributed by atoms with van der Waals surface area (Å²) in [7, 11) is 0. The van der Waals surface area contributed by atoms with Crippen LogP contribution >= 0.6 is 0 Å². The van der Waals surface area contributed by atoms with Crippen molar-refractivity contribution in [3.8, 4) is 0 Å². The Kier molecular flexibility index (Phi) is 5.99. The summed E-state index contributed by atoms with van der Waals surface area (Å²) in [5.74, 6) is 2.29. The second-order valence-corrected chi connectivity index (χ2v) is 9.49. The Morgan fingerprint density at radius 1 is 0.893 bits per heavy atom. The number of hydrogen-bond donors (Lipinski definition) is 0. The zero-order chi connectivity index (χ0) is 19.7. The molecule has 0 radical (unpaired) electrons. The standard InChI is InChI=1S/C25H33F2N/c1-16-3-5-18(6-4-16)19-7-9-20(10-8-19)21-11-12-25(28-15-21)22-13-23(26)17(2)24(27)14-22/h11-20,23H,3-10H2,1-2H3/t16?,17?,18?,19?,20?,23-/m0/s1. The average molecular weight is 386 g/mol. The van der Waals surface area contributed by atoms with Crippen molar-refractivity contribution in [3.05, 3.63) is 47.6 Å². The van der Waals surface area contributed by atoms with Crippen LogP contribution in [0.15, 0.2) is 36.3 Å². The van der Waals surface area contributed by atoms with Gasteiger partial charge in [0.05, 0.1) is 5.69 Å². The Balaban J connectivity index is 1.36. The van der Waals surface area contributed by atoms with E-state index in [-0.39, 0.29) is 0 Å². The average Bonchev–Trinajstić information content (AvgIpc) is 2.72. The topological polar surface area (TPSA) is 12.9 Å². The van der Waals surface area contributed by atoms with Crippen molar-refractivity contribution in [3.63, 3.8) is 0 Å². The fourth-order valence-corrected chi connectivity index (χ4v) is 5.45. The Hall–Kier alpha value is -1.51. The number of nitrogens with zero attached hydrogens (tertiary/aromatic N) is 1. The van der Waals surface area contributed by atoms with Crippen LogP contribution in [0.2, 0.25) is 0 Å². The minimum Gasteiger partial charge on any atom is -0.256 e. The predicted molar refractivity (Wildman–Crippen MR) is 111 cm³/mol. The van der Waals surface area contributed by atoms with Crippen molar-refractivity contribution in [2.75, 3.05) is 0 Å². The maximum Gasteiger partial charge on any atom is 0.128 e. The van der Waals surface area contributed by atoms with E-state index in [9.17, 15) is 8.78 Å². The van der Waals surface area contributed by atoms with Gasteiger partial charge in [0.2, 0.25) is 0 Å². The van der Waals surface area contributed by atoms with Crippen LogP contribution in [0.1, 0.15) is 82.4 Å². The minimum atomic E-state index is -1.28. The molecule has 4 rings (SSSR count). The van der Waals surface area contributed by atoms with Gasteiger partial charge in [-0.05, 0) is 86.0 Å². The summed E-state index contributed by atoms with van der Waals surface area (Å²) in [4.78, 5) is 4.54. The smallest absolute Gasteiger partial charge is 0.128 e. The lowest BCUT2D eigenvalue weighted by Crippen LogP contribution is -2.24. The normalized spacial score (nSPS) is 36.6. The van der Waals surface area contributed by atoms with E-state index in [1.807, 2.05) is 12.3 Å². The molecule has 0 aliphatic heterocycles. The number of allylic oxidation sites excluding steroid dienone is 4. The van der Waals surface area contributed by atoms with Crippen LogP contribution in [-0.4, -0.2) is 11.2 Å². The lowest BCUT2D eigenvalue weighted by Gasteiger charge is -2.37. The molecule has 2 atom stereocenters. The van der Waals surface area contributed by atoms with Crippen LogP contribution in [0, 0.1) is 23.7 Å². The predicted octanol–water partition coefficient (Wildman–Crippen LogP) is 7.41. The van der Waals surface area contributed by atoms with Gasteiger partial charge in [0.25, 0.3) is 0 Å². The van der Waals surface area contributed by atoms with Gasteiger partial charge in [0, 0.05) is 17.7 Å². The largest absolute Gasteiger partial charge is 0.256 e. The molecule has 0 N–H and O–H groups in total. The Morgan fingerprint density at radius 2 is 1.54 bits per heavy atom. The first-order chi connectivity index (χ1) is 13.5. The van der Waals surface area contributed by atoms with Gasteiger partial charge >= 0.3 is 0 Å². The highest BCUT2D eigenvalue weighted by Gasteiger charge is 2.30. The zero-order valence-corrected chi connectivity index (χ0v) is 17.2. The third-order valence-corrected chi connectivity index (χ3v) is 7.60. The molecule has 1 heterocycles. The quantitative estimate of drug-likeness (QED) is 0.528. The third-order valence-electron chi connectivity index (χ3n) is 7.60. The fraction of sp³-hybridized carbons (Fsp3) is 0.640. The first kappa shape index (κ1) is 19.8. The summed E-state index contributed by atoms with van der Waals surface area (Å²) < 4.78 is 27.9. The van der Waals surface area contributed by atoms with Gasteiger partial charge in [-0.1, -0.05) is 32.8 Å². The number of pyridine rings is 1. The highest BCUT2D eigenvalue weighted by Crippen LogP contribution is 2.43. The summed E-state index contributed by atoms with van der Waals surface area (Å²) in [6, 6.07) is 4.05. The highest BCUT2D eigenvalue weighted by molar-refractivity contribution is 5.74. The monoisotopic (exact) mass is 385 g/mol. The fourth-order valence-electron chi connectivity index (χ4n) is 5.45. The van der Waals surface area contributed by atoms with Crippen molar-refractivity contribution < 1.29 is 8.78 Å². The zero-order valence-electron chi connectivity index (χ0n) is 17.2. The number of alkyl halides is 1. The van der Waals surface area contributed by atoms with Gasteiger partial charge < -0.3 is 0 Å². The molecule has 2 saturated carbocycles. The van der Waals surface area contributed by atoms with E-state index in [4.69, 9.17) is 0 Å². The Labute approximate surface area is 168 Å². The molecule has 152 valence electrons. The molecule has 3 heteroatoms. The second-order valence-electron chi connectivity index (χ2n) is 9.49. The van der Waals surface area contributed by atoms with Crippen molar-refractivity contribution in [1.82, 2.24) is 4.98 Å². The van der Waals surface area contributed by atoms with E-state index in [1.54, 1.807) is 6.92 Å². The molecule has 3 aliphatic rings. The van der Waals surface area contributed by atoms with E-state index in [0.717, 1.165) is 17.8 Å². The summed E-state index contributed by atoms with van der Waals surface area (Å²) in [6.45, 7) is 3.97. The van der Waals surface area contributed by atoms with Crippen LogP contribution in [0.3, 0.4) is 0 Å². The number of hydrogen-bond acceptors (Lipinski definition) is 1. The summed E-state index contributed by atoms with van der Waals surface area (Å²) in [6.07, 6.45) is 14.4. The number of rotatable bonds is 3. The third kappa shape index (κ3) is 4.23. The van der Waals surface area contributed by atoms with Crippen LogP contribution < -0.4 is 0 Å². The van der Waals surface area contributed by atoms with Crippen molar-refractivity contribution in [2.45, 2.75) is 77.3 Å². The number of halogens is 2. The number of aromatic nitrogens is 1. The van der Waals surface area contributed by atoms with Crippen LogP contribution in [0.5, 0.6) is 0 Å². The molecule has 0 bridgehead atoms. The molecule has 1 unspecified atom stereocenters. The molecule has 1 aromatic heterocycles. The molecule has 0 spiro atoms. The molecule has 3 aliphatic carbocycles. The van der Waals surface area contributed by atoms with Crippen molar-refractivity contribution >= 4 is 5.57 Å². The summed E-state index contributed by atoms with van der Waals surface area (Å²) in [5, 5.41) is 0.